The monoisotopic (exact) mass is 283 g/mol. The van der Waals surface area contributed by atoms with Crippen LogP contribution in [-0.4, -0.2) is 15.2 Å². The van der Waals surface area contributed by atoms with Gasteiger partial charge < -0.3 is 5.43 Å². The summed E-state index contributed by atoms with van der Waals surface area (Å²) in [6.07, 6.45) is 0. The van der Waals surface area contributed by atoms with Gasteiger partial charge in [0.05, 0.1) is 4.88 Å². The number of hydrazine groups is 1. The number of aromatic nitrogens is 3. The first-order valence-electron chi connectivity index (χ1n) is 6.10. The van der Waals surface area contributed by atoms with E-state index in [0.29, 0.717) is 17.3 Å². The normalized spacial score (nSPS) is 10.5. The fourth-order valence-corrected chi connectivity index (χ4v) is 2.50. The highest BCUT2D eigenvalue weighted by Crippen LogP contribution is 2.27. The lowest BCUT2D eigenvalue weighted by Gasteiger charge is -2.07. The predicted molar refractivity (Wildman–Crippen MR) is 81.1 cm³/mol. The van der Waals surface area contributed by atoms with Crippen LogP contribution < -0.4 is 11.3 Å². The molecule has 3 aromatic rings. The van der Waals surface area contributed by atoms with Gasteiger partial charge in [0.25, 0.3) is 0 Å². The number of anilines is 1. The Morgan fingerprint density at radius 3 is 2.55 bits per heavy atom. The highest BCUT2D eigenvalue weighted by molar-refractivity contribution is 7.13. The van der Waals surface area contributed by atoms with Gasteiger partial charge in [-0.25, -0.2) is 10.8 Å². The van der Waals surface area contributed by atoms with Crippen molar-refractivity contribution in [2.75, 3.05) is 5.43 Å². The molecule has 0 atom stereocenters. The van der Waals surface area contributed by atoms with Crippen LogP contribution in [0.3, 0.4) is 0 Å². The zero-order chi connectivity index (χ0) is 13.9. The van der Waals surface area contributed by atoms with Crippen molar-refractivity contribution < 1.29 is 0 Å². The van der Waals surface area contributed by atoms with Crippen LogP contribution in [-0.2, 0) is 0 Å². The summed E-state index contributed by atoms with van der Waals surface area (Å²) in [7, 11) is 0. The van der Waals surface area contributed by atoms with Gasteiger partial charge >= 0.3 is 0 Å². The van der Waals surface area contributed by atoms with Crippen molar-refractivity contribution in [3.63, 3.8) is 0 Å². The summed E-state index contributed by atoms with van der Waals surface area (Å²) in [4.78, 5) is 5.40. The summed E-state index contributed by atoms with van der Waals surface area (Å²) >= 11 is 1.57. The third kappa shape index (κ3) is 2.38. The highest BCUT2D eigenvalue weighted by atomic mass is 32.1. The summed E-state index contributed by atoms with van der Waals surface area (Å²) < 4.78 is 0. The SMILES string of the molecule is Cc1ccc(-c2nnc(-c3cccs3)nc2NN)cc1. The number of aryl methyl sites for hydroxylation is 1. The second-order valence-electron chi connectivity index (χ2n) is 4.32. The van der Waals surface area contributed by atoms with E-state index in [4.69, 9.17) is 5.84 Å². The zero-order valence-corrected chi connectivity index (χ0v) is 11.7. The fourth-order valence-electron chi connectivity index (χ4n) is 1.84. The van der Waals surface area contributed by atoms with E-state index in [-0.39, 0.29) is 0 Å². The third-order valence-electron chi connectivity index (χ3n) is 2.89. The number of rotatable bonds is 3. The molecule has 20 heavy (non-hydrogen) atoms. The Morgan fingerprint density at radius 2 is 1.90 bits per heavy atom. The second kappa shape index (κ2) is 5.36. The van der Waals surface area contributed by atoms with E-state index in [1.54, 1.807) is 11.3 Å². The first-order valence-corrected chi connectivity index (χ1v) is 6.98. The molecule has 0 saturated heterocycles. The summed E-state index contributed by atoms with van der Waals surface area (Å²) in [5, 5.41) is 10.4. The zero-order valence-electron chi connectivity index (χ0n) is 10.9. The molecule has 6 heteroatoms. The summed E-state index contributed by atoms with van der Waals surface area (Å²) in [5.74, 6) is 6.66. The highest BCUT2D eigenvalue weighted by Gasteiger charge is 2.12. The summed E-state index contributed by atoms with van der Waals surface area (Å²) in [6.45, 7) is 2.04. The number of hydrogen-bond acceptors (Lipinski definition) is 6. The molecule has 0 radical (unpaired) electrons. The maximum atomic E-state index is 5.56. The van der Waals surface area contributed by atoms with Gasteiger partial charge in [-0.1, -0.05) is 35.9 Å². The molecular weight excluding hydrogens is 270 g/mol. The number of nitrogens with two attached hydrogens (primary N) is 1. The molecule has 100 valence electrons. The molecule has 0 unspecified atom stereocenters. The molecule has 0 aliphatic heterocycles. The van der Waals surface area contributed by atoms with E-state index in [1.165, 1.54) is 5.56 Å². The fraction of sp³-hybridized carbons (Fsp3) is 0.0714. The predicted octanol–water partition coefficient (Wildman–Crippen LogP) is 2.86. The first-order chi connectivity index (χ1) is 9.78. The van der Waals surface area contributed by atoms with Crippen molar-refractivity contribution in [1.29, 1.82) is 0 Å². The molecule has 0 spiro atoms. The smallest absolute Gasteiger partial charge is 0.193 e. The second-order valence-corrected chi connectivity index (χ2v) is 5.27. The molecule has 3 rings (SSSR count). The number of nitrogen functional groups attached to an aromatic ring is 1. The summed E-state index contributed by atoms with van der Waals surface area (Å²) in [5.41, 5.74) is 5.37. The molecule has 0 amide bonds. The topological polar surface area (TPSA) is 76.7 Å². The van der Waals surface area contributed by atoms with Crippen LogP contribution in [0.15, 0.2) is 41.8 Å². The number of thiophene rings is 1. The lowest BCUT2D eigenvalue weighted by atomic mass is 10.1. The standard InChI is InChI=1S/C14H13N5S/c1-9-4-6-10(7-5-9)12-14(17-15)16-13(19-18-12)11-3-2-8-20-11/h2-8H,15H2,1H3,(H,16,17,19). The van der Waals surface area contributed by atoms with Crippen molar-refractivity contribution in [2.24, 2.45) is 5.84 Å². The molecule has 5 nitrogen and oxygen atoms in total. The maximum Gasteiger partial charge on any atom is 0.193 e. The molecule has 0 bridgehead atoms. The number of nitrogens with one attached hydrogen (secondary N) is 1. The van der Waals surface area contributed by atoms with Crippen LogP contribution in [0.25, 0.3) is 22.0 Å². The van der Waals surface area contributed by atoms with E-state index >= 15 is 0 Å². The Labute approximate surface area is 120 Å². The van der Waals surface area contributed by atoms with Crippen molar-refractivity contribution >= 4 is 17.2 Å². The molecule has 2 heterocycles. The minimum atomic E-state index is 0.521. The van der Waals surface area contributed by atoms with Gasteiger partial charge in [-0.2, -0.15) is 0 Å². The Morgan fingerprint density at radius 1 is 1.10 bits per heavy atom. The van der Waals surface area contributed by atoms with Crippen molar-refractivity contribution in [2.45, 2.75) is 6.92 Å². The van der Waals surface area contributed by atoms with E-state index in [2.05, 4.69) is 20.6 Å². The van der Waals surface area contributed by atoms with Crippen LogP contribution in [0.1, 0.15) is 5.56 Å². The van der Waals surface area contributed by atoms with Gasteiger partial charge in [0.2, 0.25) is 0 Å². The maximum absolute atomic E-state index is 5.56. The Balaban J connectivity index is 2.06. The van der Waals surface area contributed by atoms with Crippen molar-refractivity contribution in [3.05, 3.63) is 47.3 Å². The summed E-state index contributed by atoms with van der Waals surface area (Å²) in [6, 6.07) is 11.9. The van der Waals surface area contributed by atoms with Gasteiger partial charge in [0, 0.05) is 5.56 Å². The van der Waals surface area contributed by atoms with Gasteiger partial charge in [-0.15, -0.1) is 21.5 Å². The van der Waals surface area contributed by atoms with Gasteiger partial charge in [-0.3, -0.25) is 0 Å². The van der Waals surface area contributed by atoms with Crippen LogP contribution in [0.5, 0.6) is 0 Å². The van der Waals surface area contributed by atoms with E-state index in [9.17, 15) is 0 Å². The lowest BCUT2D eigenvalue weighted by Crippen LogP contribution is -2.12. The molecular formula is C14H13N5S. The minimum absolute atomic E-state index is 0.521. The van der Waals surface area contributed by atoms with E-state index < -0.39 is 0 Å². The number of benzene rings is 1. The Kier molecular flexibility index (Phi) is 3.41. The number of hydrogen-bond donors (Lipinski definition) is 2. The molecule has 3 N–H and O–H groups in total. The molecule has 1 aromatic carbocycles. The number of nitrogens with zero attached hydrogens (tertiary/aromatic N) is 3. The molecule has 0 saturated carbocycles. The minimum Gasteiger partial charge on any atom is -0.307 e. The van der Waals surface area contributed by atoms with Crippen LogP contribution >= 0.6 is 11.3 Å². The average molecular weight is 283 g/mol. The largest absolute Gasteiger partial charge is 0.307 e. The molecule has 0 aliphatic rings. The van der Waals surface area contributed by atoms with Crippen LogP contribution in [0.4, 0.5) is 5.82 Å². The Bertz CT molecular complexity index is 707. The quantitative estimate of drug-likeness (QED) is 0.571. The van der Waals surface area contributed by atoms with Gasteiger partial charge in [0.1, 0.15) is 5.69 Å². The van der Waals surface area contributed by atoms with Crippen LogP contribution in [0, 0.1) is 6.92 Å². The van der Waals surface area contributed by atoms with Crippen LogP contribution in [0.2, 0.25) is 0 Å². The molecule has 2 aromatic heterocycles. The van der Waals surface area contributed by atoms with Gasteiger partial charge in [-0.05, 0) is 18.4 Å². The third-order valence-corrected chi connectivity index (χ3v) is 3.76. The van der Waals surface area contributed by atoms with Crippen molar-refractivity contribution in [3.8, 4) is 22.0 Å². The van der Waals surface area contributed by atoms with E-state index in [0.717, 1.165) is 10.4 Å². The average Bonchev–Trinajstić information content (AvgIpc) is 3.02. The van der Waals surface area contributed by atoms with Crippen molar-refractivity contribution in [1.82, 2.24) is 15.2 Å². The molecule has 0 aliphatic carbocycles. The molecule has 0 fully saturated rings. The lowest BCUT2D eigenvalue weighted by molar-refractivity contribution is 0.987. The first kappa shape index (κ1) is 12.7. The Hall–Kier alpha value is -2.31. The van der Waals surface area contributed by atoms with Gasteiger partial charge in [0.15, 0.2) is 11.6 Å². The van der Waals surface area contributed by atoms with E-state index in [1.807, 2.05) is 48.7 Å².